The molecule has 194 valence electrons. The predicted octanol–water partition coefficient (Wildman–Crippen LogP) is 4.78. The molecule has 0 saturated carbocycles. The summed E-state index contributed by atoms with van der Waals surface area (Å²) in [6.45, 7) is 11.6. The maximum atomic E-state index is 13.5. The summed E-state index contributed by atoms with van der Waals surface area (Å²) in [4.78, 5) is 30.2. The van der Waals surface area contributed by atoms with E-state index in [2.05, 4.69) is 18.7 Å². The summed E-state index contributed by atoms with van der Waals surface area (Å²) in [6.07, 6.45) is 0.664. The first-order valence-electron chi connectivity index (χ1n) is 12.5. The molecule has 0 unspecified atom stereocenters. The third-order valence-electron chi connectivity index (χ3n) is 6.31. The number of ether oxygens (including phenoxy) is 2. The highest BCUT2D eigenvalue weighted by Gasteiger charge is 2.46. The Balaban J connectivity index is 2.09. The Labute approximate surface area is 212 Å². The summed E-state index contributed by atoms with van der Waals surface area (Å²) >= 11 is 0. The van der Waals surface area contributed by atoms with Gasteiger partial charge in [0, 0.05) is 12.1 Å². The fraction of sp³-hybridized carbons (Fsp3) is 0.429. The Morgan fingerprint density at radius 1 is 0.972 bits per heavy atom. The van der Waals surface area contributed by atoms with Crippen molar-refractivity contribution < 1.29 is 28.6 Å². The minimum Gasteiger partial charge on any atom is -0.507 e. The first-order chi connectivity index (χ1) is 17.4. The van der Waals surface area contributed by atoms with Gasteiger partial charge in [0.05, 0.1) is 24.8 Å². The molecule has 1 aliphatic heterocycles. The van der Waals surface area contributed by atoms with Gasteiger partial charge in [0.1, 0.15) is 11.6 Å². The fourth-order valence-corrected chi connectivity index (χ4v) is 4.46. The molecule has 0 spiro atoms. The SMILES string of the molecule is CCOc1ccc([C@@H]2/C(=C(\O)c3ccc(F)cc3)C(=O)C(=O)N2CCCN(CC)CC)cc1OCC. The predicted molar refractivity (Wildman–Crippen MR) is 137 cm³/mol. The molecule has 1 heterocycles. The molecule has 3 rings (SSSR count). The number of hydrogen-bond donors (Lipinski definition) is 1. The van der Waals surface area contributed by atoms with Gasteiger partial charge in [0.15, 0.2) is 11.5 Å². The van der Waals surface area contributed by atoms with Crippen molar-refractivity contribution in [3.8, 4) is 11.5 Å². The summed E-state index contributed by atoms with van der Waals surface area (Å²) in [5.41, 5.74) is 0.854. The van der Waals surface area contributed by atoms with Crippen LogP contribution in [-0.4, -0.2) is 66.0 Å². The average Bonchev–Trinajstić information content (AvgIpc) is 3.13. The zero-order chi connectivity index (χ0) is 26.2. The van der Waals surface area contributed by atoms with Gasteiger partial charge in [0.2, 0.25) is 0 Å². The second-order valence-corrected chi connectivity index (χ2v) is 8.45. The van der Waals surface area contributed by atoms with E-state index in [-0.39, 0.29) is 16.9 Å². The van der Waals surface area contributed by atoms with Crippen molar-refractivity contribution in [2.24, 2.45) is 0 Å². The summed E-state index contributed by atoms with van der Waals surface area (Å²) in [5.74, 6) is -1.19. The van der Waals surface area contributed by atoms with Crippen LogP contribution in [0.2, 0.25) is 0 Å². The minimum atomic E-state index is -0.818. The van der Waals surface area contributed by atoms with Crippen molar-refractivity contribution in [2.75, 3.05) is 39.4 Å². The number of aliphatic hydroxyl groups excluding tert-OH is 1. The average molecular weight is 499 g/mol. The third kappa shape index (κ3) is 5.87. The Morgan fingerprint density at radius 2 is 1.61 bits per heavy atom. The number of rotatable bonds is 12. The molecular formula is C28H35FN2O5. The minimum absolute atomic E-state index is 0.0268. The molecule has 1 amide bonds. The number of ketones is 1. The Bertz CT molecular complexity index is 1100. The van der Waals surface area contributed by atoms with E-state index in [0.717, 1.165) is 19.6 Å². The topological polar surface area (TPSA) is 79.3 Å². The van der Waals surface area contributed by atoms with Crippen LogP contribution in [0.15, 0.2) is 48.0 Å². The van der Waals surface area contributed by atoms with Gasteiger partial charge in [-0.15, -0.1) is 0 Å². The van der Waals surface area contributed by atoms with Crippen LogP contribution in [0.1, 0.15) is 51.3 Å². The summed E-state index contributed by atoms with van der Waals surface area (Å²) in [5, 5.41) is 11.1. The lowest BCUT2D eigenvalue weighted by Crippen LogP contribution is -2.33. The van der Waals surface area contributed by atoms with Gasteiger partial charge in [-0.2, -0.15) is 0 Å². The van der Waals surface area contributed by atoms with Crippen LogP contribution in [0.3, 0.4) is 0 Å². The van der Waals surface area contributed by atoms with Gasteiger partial charge in [-0.05, 0) is 81.9 Å². The maximum absolute atomic E-state index is 13.5. The number of hydrogen-bond acceptors (Lipinski definition) is 6. The van der Waals surface area contributed by atoms with Gasteiger partial charge < -0.3 is 24.4 Å². The number of Topliss-reactive ketones (excluding diaryl/α,β-unsaturated/α-hetero) is 1. The molecule has 0 radical (unpaired) electrons. The third-order valence-corrected chi connectivity index (χ3v) is 6.31. The number of carbonyl (C=O) groups excluding carboxylic acids is 2. The van der Waals surface area contributed by atoms with E-state index < -0.39 is 23.5 Å². The molecule has 0 aromatic heterocycles. The summed E-state index contributed by atoms with van der Waals surface area (Å²) < 4.78 is 24.9. The van der Waals surface area contributed by atoms with Crippen LogP contribution < -0.4 is 9.47 Å². The second-order valence-electron chi connectivity index (χ2n) is 8.45. The molecule has 2 aromatic rings. The van der Waals surface area contributed by atoms with E-state index >= 15 is 0 Å². The molecule has 1 atom stereocenters. The van der Waals surface area contributed by atoms with Crippen LogP contribution in [0.4, 0.5) is 4.39 Å². The van der Waals surface area contributed by atoms with Gasteiger partial charge in [-0.25, -0.2) is 4.39 Å². The number of likely N-dealkylation sites (tertiary alicyclic amines) is 1. The second kappa shape index (κ2) is 12.5. The standard InChI is InChI=1S/C28H35FN2O5/c1-5-30(6-2)16-9-17-31-25(20-12-15-22(35-7-3)23(18-20)36-8-4)24(27(33)28(31)34)26(32)19-10-13-21(29)14-11-19/h10-15,18,25,32H,5-9,16-17H2,1-4H3/b26-24+/t25-/m1/s1. The number of halogens is 1. The van der Waals surface area contributed by atoms with Gasteiger partial charge >= 0.3 is 0 Å². The van der Waals surface area contributed by atoms with E-state index in [0.29, 0.717) is 43.2 Å². The Hall–Kier alpha value is -3.39. The smallest absolute Gasteiger partial charge is 0.295 e. The zero-order valence-corrected chi connectivity index (χ0v) is 21.4. The molecule has 0 bridgehead atoms. The van der Waals surface area contributed by atoms with Crippen molar-refractivity contribution in [1.82, 2.24) is 9.80 Å². The van der Waals surface area contributed by atoms with Crippen LogP contribution in [-0.2, 0) is 9.59 Å². The van der Waals surface area contributed by atoms with E-state index in [1.54, 1.807) is 18.2 Å². The quantitative estimate of drug-likeness (QED) is 0.258. The van der Waals surface area contributed by atoms with Crippen molar-refractivity contribution in [2.45, 2.75) is 40.2 Å². The molecule has 0 aliphatic carbocycles. The number of benzene rings is 2. The number of aliphatic hydroxyl groups is 1. The summed E-state index contributed by atoms with van der Waals surface area (Å²) in [6, 6.07) is 9.64. The highest BCUT2D eigenvalue weighted by Crippen LogP contribution is 2.42. The first kappa shape index (κ1) is 27.2. The lowest BCUT2D eigenvalue weighted by Gasteiger charge is -2.27. The molecule has 1 N–H and O–H groups in total. The van der Waals surface area contributed by atoms with E-state index in [9.17, 15) is 19.1 Å². The number of nitrogens with zero attached hydrogens (tertiary/aromatic N) is 2. The zero-order valence-electron chi connectivity index (χ0n) is 21.4. The van der Waals surface area contributed by atoms with E-state index in [1.165, 1.54) is 29.2 Å². The van der Waals surface area contributed by atoms with Gasteiger partial charge in [-0.1, -0.05) is 19.9 Å². The summed E-state index contributed by atoms with van der Waals surface area (Å²) in [7, 11) is 0. The van der Waals surface area contributed by atoms with Crippen molar-refractivity contribution >= 4 is 17.4 Å². The van der Waals surface area contributed by atoms with Crippen molar-refractivity contribution in [3.05, 3.63) is 65.0 Å². The van der Waals surface area contributed by atoms with E-state index in [1.807, 2.05) is 13.8 Å². The van der Waals surface area contributed by atoms with E-state index in [4.69, 9.17) is 9.47 Å². The molecule has 1 aliphatic rings. The first-order valence-corrected chi connectivity index (χ1v) is 12.5. The lowest BCUT2D eigenvalue weighted by molar-refractivity contribution is -0.140. The lowest BCUT2D eigenvalue weighted by atomic mass is 9.95. The normalized spacial score (nSPS) is 17.2. The highest BCUT2D eigenvalue weighted by atomic mass is 19.1. The van der Waals surface area contributed by atoms with Crippen LogP contribution in [0.25, 0.3) is 5.76 Å². The Morgan fingerprint density at radius 3 is 2.22 bits per heavy atom. The highest BCUT2D eigenvalue weighted by molar-refractivity contribution is 6.46. The van der Waals surface area contributed by atoms with Crippen LogP contribution in [0.5, 0.6) is 11.5 Å². The van der Waals surface area contributed by atoms with Crippen molar-refractivity contribution in [3.63, 3.8) is 0 Å². The molecular weight excluding hydrogens is 463 g/mol. The van der Waals surface area contributed by atoms with Crippen molar-refractivity contribution in [1.29, 1.82) is 0 Å². The van der Waals surface area contributed by atoms with Crippen LogP contribution in [0, 0.1) is 5.82 Å². The number of amides is 1. The van der Waals surface area contributed by atoms with Gasteiger partial charge in [-0.3, -0.25) is 9.59 Å². The van der Waals surface area contributed by atoms with Gasteiger partial charge in [0.25, 0.3) is 11.7 Å². The maximum Gasteiger partial charge on any atom is 0.295 e. The molecule has 36 heavy (non-hydrogen) atoms. The number of carbonyl (C=O) groups is 2. The monoisotopic (exact) mass is 498 g/mol. The molecule has 1 fully saturated rings. The Kier molecular flexibility index (Phi) is 9.47. The largest absolute Gasteiger partial charge is 0.507 e. The molecule has 2 aromatic carbocycles. The van der Waals surface area contributed by atoms with Crippen LogP contribution >= 0.6 is 0 Å². The fourth-order valence-electron chi connectivity index (χ4n) is 4.46. The molecule has 1 saturated heterocycles. The molecule has 7 nitrogen and oxygen atoms in total. The molecule has 8 heteroatoms.